The molecular weight excluding hydrogens is 174 g/mol. The van der Waals surface area contributed by atoms with Crippen LogP contribution in [0.3, 0.4) is 0 Å². The normalized spacial score (nSPS) is 13.5. The highest BCUT2D eigenvalue weighted by Crippen LogP contribution is 2.12. The van der Waals surface area contributed by atoms with Crippen LogP contribution in [0.15, 0.2) is 0 Å². The van der Waals surface area contributed by atoms with E-state index in [-0.39, 0.29) is 6.10 Å². The molecular formula is C12H27NO. The summed E-state index contributed by atoms with van der Waals surface area (Å²) < 4.78 is 0. The number of hydrogen-bond acceptors (Lipinski definition) is 2. The van der Waals surface area contributed by atoms with E-state index in [0.717, 1.165) is 25.9 Å². The molecule has 14 heavy (non-hydrogen) atoms. The van der Waals surface area contributed by atoms with Gasteiger partial charge in [0.2, 0.25) is 0 Å². The lowest BCUT2D eigenvalue weighted by Gasteiger charge is -2.20. The molecule has 0 bridgehead atoms. The van der Waals surface area contributed by atoms with Gasteiger partial charge in [0.15, 0.2) is 0 Å². The molecule has 0 saturated heterocycles. The van der Waals surface area contributed by atoms with E-state index in [1.165, 1.54) is 19.3 Å². The Morgan fingerprint density at radius 1 is 1.07 bits per heavy atom. The van der Waals surface area contributed by atoms with Gasteiger partial charge in [0.1, 0.15) is 0 Å². The molecule has 1 unspecified atom stereocenters. The van der Waals surface area contributed by atoms with Gasteiger partial charge < -0.3 is 10.4 Å². The van der Waals surface area contributed by atoms with Gasteiger partial charge in [-0.25, -0.2) is 0 Å². The van der Waals surface area contributed by atoms with E-state index < -0.39 is 0 Å². The lowest BCUT2D eigenvalue weighted by Crippen LogP contribution is -2.32. The fraction of sp³-hybridized carbons (Fsp3) is 1.00. The first kappa shape index (κ1) is 13.9. The van der Waals surface area contributed by atoms with Crippen LogP contribution in [-0.2, 0) is 0 Å². The fourth-order valence-corrected chi connectivity index (χ4v) is 1.75. The van der Waals surface area contributed by atoms with Crippen LogP contribution in [-0.4, -0.2) is 24.3 Å². The molecule has 0 aromatic rings. The van der Waals surface area contributed by atoms with Gasteiger partial charge in [0.05, 0.1) is 6.10 Å². The highest BCUT2D eigenvalue weighted by Gasteiger charge is 2.14. The van der Waals surface area contributed by atoms with Crippen LogP contribution in [0, 0.1) is 5.92 Å². The van der Waals surface area contributed by atoms with Gasteiger partial charge in [0.25, 0.3) is 0 Å². The summed E-state index contributed by atoms with van der Waals surface area (Å²) in [5.74, 6) is 0.466. The van der Waals surface area contributed by atoms with Crippen molar-refractivity contribution in [2.45, 2.75) is 59.0 Å². The molecule has 0 heterocycles. The largest absolute Gasteiger partial charge is 0.392 e. The van der Waals surface area contributed by atoms with Crippen molar-refractivity contribution in [2.24, 2.45) is 5.92 Å². The Balaban J connectivity index is 3.37. The van der Waals surface area contributed by atoms with Crippen molar-refractivity contribution in [3.63, 3.8) is 0 Å². The van der Waals surface area contributed by atoms with E-state index in [1.807, 2.05) is 0 Å². The van der Waals surface area contributed by atoms with Gasteiger partial charge in [0, 0.05) is 6.54 Å². The first-order chi connectivity index (χ1) is 6.76. The summed E-state index contributed by atoms with van der Waals surface area (Å²) in [5.41, 5.74) is 0. The van der Waals surface area contributed by atoms with E-state index in [9.17, 15) is 5.11 Å². The zero-order valence-corrected chi connectivity index (χ0v) is 10.1. The predicted octanol–water partition coefficient (Wildman–Crippen LogP) is 2.56. The summed E-state index contributed by atoms with van der Waals surface area (Å²) in [7, 11) is 0. The fourth-order valence-electron chi connectivity index (χ4n) is 1.75. The predicted molar refractivity (Wildman–Crippen MR) is 62.5 cm³/mol. The number of unbranched alkanes of at least 4 members (excludes halogenated alkanes) is 2. The van der Waals surface area contributed by atoms with Crippen LogP contribution >= 0.6 is 0 Å². The third-order valence-corrected chi connectivity index (χ3v) is 2.90. The van der Waals surface area contributed by atoms with E-state index in [4.69, 9.17) is 0 Å². The number of aliphatic hydroxyl groups is 1. The van der Waals surface area contributed by atoms with E-state index in [0.29, 0.717) is 5.92 Å². The smallest absolute Gasteiger partial charge is 0.0692 e. The van der Waals surface area contributed by atoms with Crippen LogP contribution in [0.2, 0.25) is 0 Å². The second-order valence-corrected chi connectivity index (χ2v) is 4.06. The Bertz CT molecular complexity index is 113. The molecule has 0 aromatic heterocycles. The molecule has 1 atom stereocenters. The second-order valence-electron chi connectivity index (χ2n) is 4.06. The minimum atomic E-state index is -0.161. The summed E-state index contributed by atoms with van der Waals surface area (Å²) in [6, 6.07) is 0. The quantitative estimate of drug-likeness (QED) is 0.562. The monoisotopic (exact) mass is 201 g/mol. The molecule has 2 nitrogen and oxygen atoms in total. The van der Waals surface area contributed by atoms with Crippen molar-refractivity contribution < 1.29 is 5.11 Å². The summed E-state index contributed by atoms with van der Waals surface area (Å²) in [4.78, 5) is 0. The molecule has 2 heteroatoms. The Kier molecular flexibility index (Phi) is 9.42. The molecule has 0 aliphatic heterocycles. The lowest BCUT2D eigenvalue weighted by molar-refractivity contribution is 0.102. The van der Waals surface area contributed by atoms with E-state index >= 15 is 0 Å². The van der Waals surface area contributed by atoms with Crippen molar-refractivity contribution in [1.29, 1.82) is 0 Å². The lowest BCUT2D eigenvalue weighted by atomic mass is 9.96. The Morgan fingerprint density at radius 2 is 1.71 bits per heavy atom. The van der Waals surface area contributed by atoms with Crippen molar-refractivity contribution in [2.75, 3.05) is 13.1 Å². The van der Waals surface area contributed by atoms with E-state index in [2.05, 4.69) is 26.1 Å². The molecule has 0 amide bonds. The van der Waals surface area contributed by atoms with Crippen LogP contribution in [0.5, 0.6) is 0 Å². The maximum absolute atomic E-state index is 9.80. The molecule has 0 aliphatic rings. The first-order valence-electron chi connectivity index (χ1n) is 6.14. The number of rotatable bonds is 9. The zero-order valence-electron chi connectivity index (χ0n) is 10.1. The van der Waals surface area contributed by atoms with Crippen LogP contribution < -0.4 is 5.32 Å². The van der Waals surface area contributed by atoms with Crippen molar-refractivity contribution in [1.82, 2.24) is 5.32 Å². The molecule has 0 saturated carbocycles. The van der Waals surface area contributed by atoms with Crippen molar-refractivity contribution in [3.05, 3.63) is 0 Å². The third-order valence-electron chi connectivity index (χ3n) is 2.90. The average molecular weight is 201 g/mol. The van der Waals surface area contributed by atoms with Crippen molar-refractivity contribution >= 4 is 0 Å². The van der Waals surface area contributed by atoms with Gasteiger partial charge in [-0.1, -0.05) is 46.5 Å². The standard InChI is InChI=1S/C12H27NO/c1-4-7-8-9-13-10-12(14)11(5-2)6-3/h11-14H,4-10H2,1-3H3. The van der Waals surface area contributed by atoms with Gasteiger partial charge in [-0.15, -0.1) is 0 Å². The highest BCUT2D eigenvalue weighted by molar-refractivity contribution is 4.68. The van der Waals surface area contributed by atoms with Gasteiger partial charge in [-0.3, -0.25) is 0 Å². The SMILES string of the molecule is CCCCCNCC(O)C(CC)CC. The van der Waals surface area contributed by atoms with E-state index in [1.54, 1.807) is 0 Å². The molecule has 2 N–H and O–H groups in total. The average Bonchev–Trinajstić information content (AvgIpc) is 2.19. The van der Waals surface area contributed by atoms with Gasteiger partial charge >= 0.3 is 0 Å². The number of hydrogen-bond donors (Lipinski definition) is 2. The Morgan fingerprint density at radius 3 is 2.21 bits per heavy atom. The number of aliphatic hydroxyl groups excluding tert-OH is 1. The molecule has 0 spiro atoms. The molecule has 0 rings (SSSR count). The molecule has 0 aromatic carbocycles. The van der Waals surface area contributed by atoms with Crippen LogP contribution in [0.4, 0.5) is 0 Å². The van der Waals surface area contributed by atoms with Crippen molar-refractivity contribution in [3.8, 4) is 0 Å². The van der Waals surface area contributed by atoms with Gasteiger partial charge in [-0.05, 0) is 18.9 Å². The maximum atomic E-state index is 9.80. The second kappa shape index (κ2) is 9.47. The molecule has 0 aliphatic carbocycles. The highest BCUT2D eigenvalue weighted by atomic mass is 16.3. The first-order valence-corrected chi connectivity index (χ1v) is 6.14. The Hall–Kier alpha value is -0.0800. The topological polar surface area (TPSA) is 32.3 Å². The minimum Gasteiger partial charge on any atom is -0.392 e. The Labute approximate surface area is 89.1 Å². The molecule has 0 fully saturated rings. The minimum absolute atomic E-state index is 0.161. The van der Waals surface area contributed by atoms with Gasteiger partial charge in [-0.2, -0.15) is 0 Å². The third kappa shape index (κ3) is 6.39. The summed E-state index contributed by atoms with van der Waals surface area (Å²) >= 11 is 0. The summed E-state index contributed by atoms with van der Waals surface area (Å²) in [6.07, 6.45) is 5.77. The van der Waals surface area contributed by atoms with Crippen LogP contribution in [0.25, 0.3) is 0 Å². The summed E-state index contributed by atoms with van der Waals surface area (Å²) in [5, 5.41) is 13.1. The van der Waals surface area contributed by atoms with Crippen LogP contribution in [0.1, 0.15) is 52.9 Å². The molecule has 0 radical (unpaired) electrons. The number of nitrogens with one attached hydrogen (secondary N) is 1. The maximum Gasteiger partial charge on any atom is 0.0692 e. The molecule has 86 valence electrons. The zero-order chi connectivity index (χ0) is 10.8. The summed E-state index contributed by atoms with van der Waals surface area (Å²) in [6.45, 7) is 8.31.